The molecule has 0 saturated carbocycles. The Bertz CT molecular complexity index is 1040. The molecule has 0 bridgehead atoms. The van der Waals surface area contributed by atoms with Crippen LogP contribution in [0.25, 0.3) is 0 Å². The first-order valence-electron chi connectivity index (χ1n) is 15.0. The van der Waals surface area contributed by atoms with Crippen LogP contribution in [0, 0.1) is 0 Å². The first-order chi connectivity index (χ1) is 19.9. The zero-order valence-electron chi connectivity index (χ0n) is 27.5. The number of hydrogen-bond donors (Lipinski definition) is 0. The summed E-state index contributed by atoms with van der Waals surface area (Å²) >= 11 is 0. The Kier molecular flexibility index (Phi) is 14.2. The SMILES string of the molecule is CC(C)(C)OC(=O)CN1CCN(CP(C)(C)=O)CCN(CC(=O)OC(C)(C)C)CCN(C(=O)OCc2ccccc2)CC1. The molecule has 0 N–H and O–H groups in total. The van der Waals surface area contributed by atoms with E-state index in [0.717, 1.165) is 5.56 Å². The highest BCUT2D eigenvalue weighted by molar-refractivity contribution is 7.62. The molecule has 1 aromatic carbocycles. The molecule has 43 heavy (non-hydrogen) atoms. The summed E-state index contributed by atoms with van der Waals surface area (Å²) in [4.78, 5) is 46.5. The molecule has 1 aliphatic rings. The number of amides is 1. The highest BCUT2D eigenvalue weighted by atomic mass is 31.2. The van der Waals surface area contributed by atoms with Crippen LogP contribution in [-0.4, -0.2) is 134 Å². The lowest BCUT2D eigenvalue weighted by Crippen LogP contribution is -2.49. The molecule has 0 atom stereocenters. The minimum atomic E-state index is -2.38. The van der Waals surface area contributed by atoms with E-state index in [0.29, 0.717) is 58.6 Å². The van der Waals surface area contributed by atoms with Crippen LogP contribution in [-0.2, 0) is 35.0 Å². The number of hydrogen-bond acceptors (Lipinski definition) is 10. The van der Waals surface area contributed by atoms with Crippen LogP contribution in [0.4, 0.5) is 4.79 Å². The molecule has 0 aromatic heterocycles. The second kappa shape index (κ2) is 16.6. The standard InChI is InChI=1S/C31H53N4O7P/c1-30(2,3)41-27(36)22-32-14-16-34(25-43(7,8)39)17-15-33(23-28(37)42-31(4,5)6)19-21-35(20-18-32)29(38)40-24-26-12-10-9-11-13-26/h9-13H,14-25H2,1-8H3. The van der Waals surface area contributed by atoms with Gasteiger partial charge < -0.3 is 23.7 Å². The van der Waals surface area contributed by atoms with Gasteiger partial charge in [0.1, 0.15) is 17.8 Å². The molecule has 12 heteroatoms. The third-order valence-corrected chi connectivity index (χ3v) is 7.47. The van der Waals surface area contributed by atoms with Crippen LogP contribution in [0.5, 0.6) is 0 Å². The van der Waals surface area contributed by atoms with Crippen molar-refractivity contribution < 1.29 is 33.2 Å². The molecule has 1 amide bonds. The minimum Gasteiger partial charge on any atom is -0.459 e. The Morgan fingerprint density at radius 1 is 0.698 bits per heavy atom. The zero-order chi connectivity index (χ0) is 32.3. The van der Waals surface area contributed by atoms with Gasteiger partial charge in [-0.15, -0.1) is 0 Å². The monoisotopic (exact) mass is 624 g/mol. The molecule has 1 aromatic rings. The van der Waals surface area contributed by atoms with Gasteiger partial charge in [0.25, 0.3) is 0 Å². The number of ether oxygens (including phenoxy) is 3. The van der Waals surface area contributed by atoms with Crippen molar-refractivity contribution in [2.75, 3.05) is 85.1 Å². The lowest BCUT2D eigenvalue weighted by Gasteiger charge is -2.34. The van der Waals surface area contributed by atoms with Gasteiger partial charge in [-0.1, -0.05) is 30.3 Å². The van der Waals surface area contributed by atoms with E-state index >= 15 is 0 Å². The second-order valence-corrected chi connectivity index (χ2v) is 17.0. The van der Waals surface area contributed by atoms with Gasteiger partial charge in [0.2, 0.25) is 0 Å². The maximum absolute atomic E-state index is 13.3. The molecule has 1 heterocycles. The van der Waals surface area contributed by atoms with Crippen molar-refractivity contribution in [2.24, 2.45) is 0 Å². The van der Waals surface area contributed by atoms with E-state index in [2.05, 4.69) is 4.90 Å². The van der Waals surface area contributed by atoms with E-state index in [9.17, 15) is 18.9 Å². The van der Waals surface area contributed by atoms with Gasteiger partial charge in [-0.25, -0.2) is 4.79 Å². The fourth-order valence-electron chi connectivity index (χ4n) is 4.58. The van der Waals surface area contributed by atoms with Crippen LogP contribution in [0.2, 0.25) is 0 Å². The summed E-state index contributed by atoms with van der Waals surface area (Å²) < 4.78 is 29.6. The fraction of sp³-hybridized carbons (Fsp3) is 0.710. The van der Waals surface area contributed by atoms with Crippen LogP contribution < -0.4 is 0 Å². The van der Waals surface area contributed by atoms with E-state index in [-0.39, 0.29) is 31.6 Å². The third kappa shape index (κ3) is 16.8. The normalized spacial score (nSPS) is 17.4. The van der Waals surface area contributed by atoms with Gasteiger partial charge in [0.15, 0.2) is 0 Å². The number of nitrogens with zero attached hydrogens (tertiary/aromatic N) is 4. The fourth-order valence-corrected chi connectivity index (χ4v) is 5.83. The second-order valence-electron chi connectivity index (χ2n) is 13.6. The molecular weight excluding hydrogens is 571 g/mol. The average molecular weight is 625 g/mol. The maximum Gasteiger partial charge on any atom is 0.410 e. The smallest absolute Gasteiger partial charge is 0.410 e. The van der Waals surface area contributed by atoms with Crippen molar-refractivity contribution in [2.45, 2.75) is 59.4 Å². The van der Waals surface area contributed by atoms with Crippen molar-refractivity contribution in [1.29, 1.82) is 0 Å². The number of carbonyl (C=O) groups is 3. The van der Waals surface area contributed by atoms with Gasteiger partial charge in [0, 0.05) is 52.4 Å². The average Bonchev–Trinajstić information content (AvgIpc) is 2.85. The molecule has 0 aliphatic carbocycles. The van der Waals surface area contributed by atoms with E-state index in [1.807, 2.05) is 81.7 Å². The number of carbonyl (C=O) groups excluding carboxylic acids is 3. The van der Waals surface area contributed by atoms with Crippen molar-refractivity contribution in [1.82, 2.24) is 19.6 Å². The number of benzene rings is 1. The largest absolute Gasteiger partial charge is 0.459 e. The molecule has 244 valence electrons. The van der Waals surface area contributed by atoms with E-state index in [1.54, 1.807) is 18.2 Å². The first kappa shape index (κ1) is 36.7. The lowest BCUT2D eigenvalue weighted by molar-refractivity contribution is -0.157. The maximum atomic E-state index is 13.3. The summed E-state index contributed by atoms with van der Waals surface area (Å²) in [6.07, 6.45) is -0.0410. The van der Waals surface area contributed by atoms with Gasteiger partial charge in [-0.3, -0.25) is 24.3 Å². The Morgan fingerprint density at radius 3 is 1.53 bits per heavy atom. The minimum absolute atomic E-state index is 0.0681. The van der Waals surface area contributed by atoms with Crippen LogP contribution >= 0.6 is 7.14 Å². The molecule has 0 unspecified atom stereocenters. The van der Waals surface area contributed by atoms with Crippen molar-refractivity contribution in [3.05, 3.63) is 35.9 Å². The Morgan fingerprint density at radius 2 is 1.12 bits per heavy atom. The number of rotatable bonds is 8. The highest BCUT2D eigenvalue weighted by Crippen LogP contribution is 2.36. The van der Waals surface area contributed by atoms with Gasteiger partial charge in [-0.2, -0.15) is 0 Å². The molecule has 0 spiro atoms. The Labute approximate surface area is 258 Å². The molecule has 1 aliphatic heterocycles. The van der Waals surface area contributed by atoms with E-state index < -0.39 is 24.4 Å². The predicted octanol–water partition coefficient (Wildman–Crippen LogP) is 3.81. The van der Waals surface area contributed by atoms with Gasteiger partial charge in [-0.05, 0) is 60.4 Å². The summed E-state index contributed by atoms with van der Waals surface area (Å²) in [5.74, 6) is -0.686. The summed E-state index contributed by atoms with van der Waals surface area (Å²) in [7, 11) is -2.38. The third-order valence-electron chi connectivity index (χ3n) is 6.39. The van der Waals surface area contributed by atoms with Gasteiger partial charge >= 0.3 is 18.0 Å². The molecule has 2 rings (SSSR count). The zero-order valence-corrected chi connectivity index (χ0v) is 28.4. The van der Waals surface area contributed by atoms with Gasteiger partial charge in [0.05, 0.1) is 26.5 Å². The van der Waals surface area contributed by atoms with Crippen molar-refractivity contribution in [3.8, 4) is 0 Å². The quantitative estimate of drug-likeness (QED) is 0.241. The van der Waals surface area contributed by atoms with Crippen LogP contribution in [0.15, 0.2) is 30.3 Å². The molecular formula is C31H53N4O7P. The lowest BCUT2D eigenvalue weighted by atomic mass is 10.2. The number of esters is 2. The first-order valence-corrected chi connectivity index (χ1v) is 17.8. The van der Waals surface area contributed by atoms with Crippen molar-refractivity contribution >= 4 is 25.2 Å². The van der Waals surface area contributed by atoms with E-state index in [1.165, 1.54) is 0 Å². The summed E-state index contributed by atoms with van der Waals surface area (Å²) in [6, 6.07) is 9.47. The molecule has 11 nitrogen and oxygen atoms in total. The topological polar surface area (TPSA) is 109 Å². The Balaban J connectivity index is 2.25. The van der Waals surface area contributed by atoms with Crippen molar-refractivity contribution in [3.63, 3.8) is 0 Å². The molecule has 1 fully saturated rings. The summed E-state index contributed by atoms with van der Waals surface area (Å²) in [5, 5.41) is 0. The van der Waals surface area contributed by atoms with E-state index in [4.69, 9.17) is 14.2 Å². The van der Waals surface area contributed by atoms with Crippen LogP contribution in [0.3, 0.4) is 0 Å². The molecule has 1 saturated heterocycles. The Hall–Kier alpha value is -2.46. The summed E-state index contributed by atoms with van der Waals surface area (Å²) in [5.41, 5.74) is -0.345. The highest BCUT2D eigenvalue weighted by Gasteiger charge is 2.26. The summed E-state index contributed by atoms with van der Waals surface area (Å²) in [6.45, 7) is 18.4. The molecule has 0 radical (unpaired) electrons. The van der Waals surface area contributed by atoms with Crippen LogP contribution in [0.1, 0.15) is 47.1 Å². The predicted molar refractivity (Wildman–Crippen MR) is 169 cm³/mol.